The Morgan fingerprint density at radius 2 is 1.41 bits per heavy atom. The van der Waals surface area contributed by atoms with Crippen LogP contribution in [0.15, 0.2) is 73.8 Å². The van der Waals surface area contributed by atoms with E-state index in [0.717, 1.165) is 19.3 Å². The van der Waals surface area contributed by atoms with Crippen molar-refractivity contribution in [1.82, 2.24) is 0 Å². The van der Waals surface area contributed by atoms with Crippen LogP contribution in [0.25, 0.3) is 0 Å². The SMILES string of the molecule is C=CCOC1(CC=C)c2ccccc2CCc2ccccc21. The van der Waals surface area contributed by atoms with Gasteiger partial charge in [0.25, 0.3) is 0 Å². The van der Waals surface area contributed by atoms with Crippen LogP contribution >= 0.6 is 0 Å². The largest absolute Gasteiger partial charge is 0.361 e. The predicted octanol–water partition coefficient (Wildman–Crippen LogP) is 4.81. The second-order valence-electron chi connectivity index (χ2n) is 5.73. The summed E-state index contributed by atoms with van der Waals surface area (Å²) in [6.07, 6.45) is 6.63. The van der Waals surface area contributed by atoms with Crippen molar-refractivity contribution in [3.05, 3.63) is 96.1 Å². The number of rotatable bonds is 5. The van der Waals surface area contributed by atoms with E-state index in [-0.39, 0.29) is 0 Å². The molecule has 0 unspecified atom stereocenters. The van der Waals surface area contributed by atoms with Crippen LogP contribution in [0.4, 0.5) is 0 Å². The van der Waals surface area contributed by atoms with E-state index in [2.05, 4.69) is 61.7 Å². The molecule has 0 radical (unpaired) electrons. The fourth-order valence-electron chi connectivity index (χ4n) is 3.52. The zero-order chi connectivity index (χ0) is 15.4. The lowest BCUT2D eigenvalue weighted by molar-refractivity contribution is 0.000223. The van der Waals surface area contributed by atoms with Crippen molar-refractivity contribution in [1.29, 1.82) is 0 Å². The summed E-state index contributed by atoms with van der Waals surface area (Å²) in [7, 11) is 0. The van der Waals surface area contributed by atoms with Gasteiger partial charge in [-0.05, 0) is 35.1 Å². The Balaban J connectivity index is 2.27. The molecule has 112 valence electrons. The third kappa shape index (κ3) is 2.42. The van der Waals surface area contributed by atoms with Crippen molar-refractivity contribution in [2.75, 3.05) is 6.61 Å². The molecule has 0 N–H and O–H groups in total. The van der Waals surface area contributed by atoms with E-state index in [1.807, 2.05) is 12.2 Å². The van der Waals surface area contributed by atoms with Gasteiger partial charge in [-0.1, -0.05) is 60.7 Å². The maximum Gasteiger partial charge on any atom is 0.122 e. The van der Waals surface area contributed by atoms with E-state index in [4.69, 9.17) is 4.74 Å². The van der Waals surface area contributed by atoms with E-state index >= 15 is 0 Å². The number of fused-ring (bicyclic) bond motifs is 2. The van der Waals surface area contributed by atoms with Gasteiger partial charge in [0.1, 0.15) is 5.60 Å². The minimum atomic E-state index is -0.459. The number of aryl methyl sites for hydroxylation is 2. The zero-order valence-corrected chi connectivity index (χ0v) is 12.9. The van der Waals surface area contributed by atoms with Gasteiger partial charge in [-0.2, -0.15) is 0 Å². The Hall–Kier alpha value is -2.12. The maximum absolute atomic E-state index is 6.40. The normalized spacial score (nSPS) is 15.3. The summed E-state index contributed by atoms with van der Waals surface area (Å²) >= 11 is 0. The Morgan fingerprint density at radius 1 is 0.864 bits per heavy atom. The Morgan fingerprint density at radius 3 is 1.91 bits per heavy atom. The van der Waals surface area contributed by atoms with Crippen LogP contribution in [-0.4, -0.2) is 6.61 Å². The molecular weight excluding hydrogens is 268 g/mol. The van der Waals surface area contributed by atoms with E-state index < -0.39 is 5.60 Å². The van der Waals surface area contributed by atoms with Crippen LogP contribution in [0.1, 0.15) is 28.7 Å². The molecule has 0 bridgehead atoms. The van der Waals surface area contributed by atoms with E-state index in [9.17, 15) is 0 Å². The van der Waals surface area contributed by atoms with E-state index in [1.165, 1.54) is 22.3 Å². The summed E-state index contributed by atoms with van der Waals surface area (Å²) in [5, 5.41) is 0. The zero-order valence-electron chi connectivity index (χ0n) is 12.9. The fraction of sp³-hybridized carbons (Fsp3) is 0.238. The number of hydrogen-bond acceptors (Lipinski definition) is 1. The Bertz CT molecular complexity index is 636. The molecule has 0 heterocycles. The molecule has 3 rings (SSSR count). The van der Waals surface area contributed by atoms with Crippen LogP contribution in [0, 0.1) is 0 Å². The molecule has 0 saturated carbocycles. The lowest BCUT2D eigenvalue weighted by Crippen LogP contribution is -2.32. The van der Waals surface area contributed by atoms with Crippen molar-refractivity contribution < 1.29 is 4.74 Å². The minimum absolute atomic E-state index is 0.459. The molecule has 1 heteroatoms. The summed E-state index contributed by atoms with van der Waals surface area (Å²) in [5.74, 6) is 0. The molecule has 0 atom stereocenters. The molecule has 1 nitrogen and oxygen atoms in total. The third-order valence-electron chi connectivity index (χ3n) is 4.45. The Kier molecular flexibility index (Phi) is 4.26. The molecule has 0 saturated heterocycles. The van der Waals surface area contributed by atoms with Crippen molar-refractivity contribution in [2.45, 2.75) is 24.9 Å². The van der Waals surface area contributed by atoms with Crippen molar-refractivity contribution >= 4 is 0 Å². The molecule has 2 aromatic carbocycles. The van der Waals surface area contributed by atoms with Crippen LogP contribution in [0.5, 0.6) is 0 Å². The highest BCUT2D eigenvalue weighted by Gasteiger charge is 2.38. The first-order valence-electron chi connectivity index (χ1n) is 7.84. The highest BCUT2D eigenvalue weighted by Crippen LogP contribution is 2.43. The van der Waals surface area contributed by atoms with Crippen molar-refractivity contribution in [3.63, 3.8) is 0 Å². The van der Waals surface area contributed by atoms with Gasteiger partial charge < -0.3 is 4.74 Å². The second kappa shape index (κ2) is 6.33. The third-order valence-corrected chi connectivity index (χ3v) is 4.45. The number of benzene rings is 2. The summed E-state index contributed by atoms with van der Waals surface area (Å²) in [6, 6.07) is 17.3. The van der Waals surface area contributed by atoms with Gasteiger partial charge in [0.05, 0.1) is 6.61 Å². The molecule has 0 aromatic heterocycles. The predicted molar refractivity (Wildman–Crippen MR) is 92.0 cm³/mol. The van der Waals surface area contributed by atoms with Gasteiger partial charge in [-0.3, -0.25) is 0 Å². The van der Waals surface area contributed by atoms with Gasteiger partial charge in [0, 0.05) is 6.42 Å². The summed E-state index contributed by atoms with van der Waals surface area (Å²) < 4.78 is 6.40. The minimum Gasteiger partial charge on any atom is -0.361 e. The number of hydrogen-bond donors (Lipinski definition) is 0. The van der Waals surface area contributed by atoms with Crippen LogP contribution < -0.4 is 0 Å². The topological polar surface area (TPSA) is 9.23 Å². The lowest BCUT2D eigenvalue weighted by Gasteiger charge is -2.35. The highest BCUT2D eigenvalue weighted by atomic mass is 16.5. The van der Waals surface area contributed by atoms with Crippen LogP contribution in [0.2, 0.25) is 0 Å². The second-order valence-corrected chi connectivity index (χ2v) is 5.73. The molecule has 2 aromatic rings. The molecular formula is C21H22O. The molecule has 22 heavy (non-hydrogen) atoms. The molecule has 1 aliphatic rings. The molecule has 0 fully saturated rings. The van der Waals surface area contributed by atoms with Gasteiger partial charge >= 0.3 is 0 Å². The Labute approximate surface area is 133 Å². The first-order chi connectivity index (χ1) is 10.8. The summed E-state index contributed by atoms with van der Waals surface area (Å²) in [6.45, 7) is 8.32. The standard InChI is InChI=1S/C21H22O/c1-3-15-21(22-16-4-2)19-11-7-5-9-17(19)13-14-18-10-6-8-12-20(18)21/h3-12H,1-2,13-16H2. The van der Waals surface area contributed by atoms with E-state index in [1.54, 1.807) is 0 Å². The molecule has 0 spiro atoms. The van der Waals surface area contributed by atoms with Crippen LogP contribution in [0.3, 0.4) is 0 Å². The molecule has 0 aliphatic heterocycles. The average Bonchev–Trinajstić information content (AvgIpc) is 2.70. The van der Waals surface area contributed by atoms with Gasteiger partial charge in [0.15, 0.2) is 0 Å². The van der Waals surface area contributed by atoms with Crippen LogP contribution in [-0.2, 0) is 23.2 Å². The molecule has 1 aliphatic carbocycles. The monoisotopic (exact) mass is 290 g/mol. The van der Waals surface area contributed by atoms with E-state index in [0.29, 0.717) is 6.61 Å². The average molecular weight is 290 g/mol. The first-order valence-corrected chi connectivity index (χ1v) is 7.84. The smallest absolute Gasteiger partial charge is 0.122 e. The van der Waals surface area contributed by atoms with Gasteiger partial charge in [-0.15, -0.1) is 13.2 Å². The quantitative estimate of drug-likeness (QED) is 0.718. The first kappa shape index (κ1) is 14.8. The maximum atomic E-state index is 6.40. The van der Waals surface area contributed by atoms with Crippen molar-refractivity contribution in [3.8, 4) is 0 Å². The van der Waals surface area contributed by atoms with Crippen molar-refractivity contribution in [2.24, 2.45) is 0 Å². The molecule has 0 amide bonds. The highest BCUT2D eigenvalue weighted by molar-refractivity contribution is 5.48. The number of ether oxygens (including phenoxy) is 1. The van der Waals surface area contributed by atoms with Gasteiger partial charge in [0.2, 0.25) is 0 Å². The summed E-state index contributed by atoms with van der Waals surface area (Å²) in [5.41, 5.74) is 4.80. The summed E-state index contributed by atoms with van der Waals surface area (Å²) in [4.78, 5) is 0. The lowest BCUT2D eigenvalue weighted by atomic mass is 9.80. The van der Waals surface area contributed by atoms with Gasteiger partial charge in [-0.25, -0.2) is 0 Å². The fourth-order valence-corrected chi connectivity index (χ4v) is 3.52.